The van der Waals surface area contributed by atoms with Crippen molar-refractivity contribution in [2.24, 2.45) is 0 Å². The second-order valence-electron chi connectivity index (χ2n) is 7.45. The lowest BCUT2D eigenvalue weighted by atomic mass is 9.99. The third kappa shape index (κ3) is 3.89. The Bertz CT molecular complexity index is 866. The van der Waals surface area contributed by atoms with Gasteiger partial charge in [-0.15, -0.1) is 0 Å². The normalized spacial score (nSPS) is 21.4. The number of carbonyl (C=O) groups excluding carboxylic acids is 2. The van der Waals surface area contributed by atoms with E-state index in [1.165, 1.54) is 22.5 Å². The Morgan fingerprint density at radius 2 is 1.79 bits per heavy atom. The fourth-order valence-corrected chi connectivity index (χ4v) is 4.94. The summed E-state index contributed by atoms with van der Waals surface area (Å²) in [5, 5.41) is 2.79. The van der Waals surface area contributed by atoms with Crippen molar-refractivity contribution in [2.75, 3.05) is 45.8 Å². The molecule has 0 bridgehead atoms. The lowest BCUT2D eigenvalue weighted by Gasteiger charge is -2.42. The van der Waals surface area contributed by atoms with E-state index in [0.717, 1.165) is 6.07 Å². The van der Waals surface area contributed by atoms with Gasteiger partial charge in [0.1, 0.15) is 10.7 Å². The molecule has 0 aliphatic carbocycles. The molecule has 1 aromatic rings. The predicted octanol–water partition coefficient (Wildman–Crippen LogP) is -0.131. The maximum atomic E-state index is 13.9. The summed E-state index contributed by atoms with van der Waals surface area (Å²) in [7, 11) is -3.94. The molecule has 154 valence electrons. The van der Waals surface area contributed by atoms with Crippen LogP contribution in [0.5, 0.6) is 0 Å². The molecule has 28 heavy (non-hydrogen) atoms. The summed E-state index contributed by atoms with van der Waals surface area (Å²) >= 11 is 0. The van der Waals surface area contributed by atoms with Gasteiger partial charge in [0.05, 0.1) is 12.1 Å². The standard InChI is InChI=1S/C18H25FN4O4S/c1-18(2)17(25)20-7-8-22(18)13-16(24)21-9-11-23(12-10-21)28(26,27)15-6-4-3-5-14(15)19/h3-6H,7-13H2,1-2H3,(H,20,25). The van der Waals surface area contributed by atoms with Gasteiger partial charge in [-0.1, -0.05) is 12.1 Å². The smallest absolute Gasteiger partial charge is 0.246 e. The molecule has 0 spiro atoms. The molecule has 0 aromatic heterocycles. The highest BCUT2D eigenvalue weighted by Crippen LogP contribution is 2.21. The molecule has 8 nitrogen and oxygen atoms in total. The van der Waals surface area contributed by atoms with E-state index in [0.29, 0.717) is 13.1 Å². The Hall–Kier alpha value is -2.04. The van der Waals surface area contributed by atoms with E-state index in [4.69, 9.17) is 0 Å². The molecule has 2 amide bonds. The highest BCUT2D eigenvalue weighted by atomic mass is 32.2. The van der Waals surface area contributed by atoms with Gasteiger partial charge < -0.3 is 10.2 Å². The van der Waals surface area contributed by atoms with Crippen LogP contribution in [0.25, 0.3) is 0 Å². The Morgan fingerprint density at radius 3 is 2.43 bits per heavy atom. The molecule has 2 fully saturated rings. The molecule has 1 N–H and O–H groups in total. The van der Waals surface area contributed by atoms with E-state index in [2.05, 4.69) is 5.32 Å². The van der Waals surface area contributed by atoms with Crippen LogP contribution in [0.2, 0.25) is 0 Å². The molecule has 2 saturated heterocycles. The van der Waals surface area contributed by atoms with Crippen molar-refractivity contribution in [3.05, 3.63) is 30.1 Å². The third-order valence-corrected chi connectivity index (χ3v) is 7.32. The number of nitrogens with one attached hydrogen (secondary N) is 1. The Labute approximate surface area is 164 Å². The maximum Gasteiger partial charge on any atom is 0.246 e. The van der Waals surface area contributed by atoms with Crippen LogP contribution in [0, 0.1) is 5.82 Å². The quantitative estimate of drug-likeness (QED) is 0.744. The molecule has 2 aliphatic rings. The molecule has 3 rings (SSSR count). The van der Waals surface area contributed by atoms with Crippen LogP contribution in [0.3, 0.4) is 0 Å². The number of rotatable bonds is 4. The number of carbonyl (C=O) groups is 2. The van der Waals surface area contributed by atoms with Crippen molar-refractivity contribution in [3.63, 3.8) is 0 Å². The lowest BCUT2D eigenvalue weighted by Crippen LogP contribution is -2.64. The molecular formula is C18H25FN4O4S. The summed E-state index contributed by atoms with van der Waals surface area (Å²) in [5.74, 6) is -1.05. The first-order valence-corrected chi connectivity index (χ1v) is 10.6. The second-order valence-corrected chi connectivity index (χ2v) is 9.36. The van der Waals surface area contributed by atoms with Gasteiger partial charge in [0.15, 0.2) is 0 Å². The van der Waals surface area contributed by atoms with Crippen LogP contribution in [-0.2, 0) is 19.6 Å². The zero-order chi connectivity index (χ0) is 20.5. The van der Waals surface area contributed by atoms with Crippen LogP contribution in [0.4, 0.5) is 4.39 Å². The van der Waals surface area contributed by atoms with Gasteiger partial charge in [-0.3, -0.25) is 14.5 Å². The summed E-state index contributed by atoms with van der Waals surface area (Å²) in [4.78, 5) is 27.8. The minimum absolute atomic E-state index is 0.0977. The lowest BCUT2D eigenvalue weighted by molar-refractivity contribution is -0.141. The van der Waals surface area contributed by atoms with Gasteiger partial charge in [0.2, 0.25) is 21.8 Å². The minimum Gasteiger partial charge on any atom is -0.353 e. The van der Waals surface area contributed by atoms with E-state index in [9.17, 15) is 22.4 Å². The van der Waals surface area contributed by atoms with Crippen molar-refractivity contribution in [2.45, 2.75) is 24.3 Å². The summed E-state index contributed by atoms with van der Waals surface area (Å²) in [6.07, 6.45) is 0. The van der Waals surface area contributed by atoms with Crippen LogP contribution in [0.1, 0.15) is 13.8 Å². The molecule has 0 atom stereocenters. The van der Waals surface area contributed by atoms with Crippen LogP contribution >= 0.6 is 0 Å². The molecule has 0 saturated carbocycles. The van der Waals surface area contributed by atoms with Crippen molar-refractivity contribution in [3.8, 4) is 0 Å². The topological polar surface area (TPSA) is 90.0 Å². The molecule has 0 radical (unpaired) electrons. The van der Waals surface area contributed by atoms with Gasteiger partial charge in [0.25, 0.3) is 0 Å². The summed E-state index contributed by atoms with van der Waals surface area (Å²) in [6, 6.07) is 5.27. The molecular weight excluding hydrogens is 387 g/mol. The Kier molecular flexibility index (Phi) is 5.74. The minimum atomic E-state index is -3.94. The Morgan fingerprint density at radius 1 is 1.14 bits per heavy atom. The largest absolute Gasteiger partial charge is 0.353 e. The number of nitrogens with zero attached hydrogens (tertiary/aromatic N) is 3. The average Bonchev–Trinajstić information content (AvgIpc) is 2.66. The number of halogens is 1. The Balaban J connectivity index is 1.61. The van der Waals surface area contributed by atoms with Crippen molar-refractivity contribution < 1.29 is 22.4 Å². The zero-order valence-electron chi connectivity index (χ0n) is 16.0. The first-order chi connectivity index (χ1) is 13.1. The van der Waals surface area contributed by atoms with Gasteiger partial charge in [-0.2, -0.15) is 4.31 Å². The van der Waals surface area contributed by atoms with Gasteiger partial charge in [-0.05, 0) is 26.0 Å². The SMILES string of the molecule is CC1(C)C(=O)NCCN1CC(=O)N1CCN(S(=O)(=O)c2ccccc2F)CC1. The second kappa shape index (κ2) is 7.76. The monoisotopic (exact) mass is 412 g/mol. The van der Waals surface area contributed by atoms with Gasteiger partial charge in [-0.25, -0.2) is 12.8 Å². The first kappa shape index (κ1) is 20.7. The predicted molar refractivity (Wildman–Crippen MR) is 100 cm³/mol. The van der Waals surface area contributed by atoms with E-state index in [1.54, 1.807) is 18.7 Å². The molecule has 10 heteroatoms. The summed E-state index contributed by atoms with van der Waals surface area (Å²) in [6.45, 7) is 5.37. The van der Waals surface area contributed by atoms with E-state index in [-0.39, 0.29) is 49.4 Å². The number of sulfonamides is 1. The fourth-order valence-electron chi connectivity index (χ4n) is 3.45. The van der Waals surface area contributed by atoms with Crippen LogP contribution in [0.15, 0.2) is 29.2 Å². The van der Waals surface area contributed by atoms with Crippen molar-refractivity contribution in [1.29, 1.82) is 0 Å². The zero-order valence-corrected chi connectivity index (χ0v) is 16.8. The van der Waals surface area contributed by atoms with Crippen LogP contribution in [-0.4, -0.2) is 85.7 Å². The average molecular weight is 412 g/mol. The van der Waals surface area contributed by atoms with Gasteiger partial charge >= 0.3 is 0 Å². The summed E-state index contributed by atoms with van der Waals surface area (Å²) < 4.78 is 40.4. The third-order valence-electron chi connectivity index (χ3n) is 5.39. The maximum absolute atomic E-state index is 13.9. The number of hydrogen-bond acceptors (Lipinski definition) is 5. The number of hydrogen-bond donors (Lipinski definition) is 1. The first-order valence-electron chi connectivity index (χ1n) is 9.20. The van der Waals surface area contributed by atoms with Crippen molar-refractivity contribution >= 4 is 21.8 Å². The number of benzene rings is 1. The number of amides is 2. The van der Waals surface area contributed by atoms with Gasteiger partial charge in [0, 0.05) is 39.3 Å². The molecule has 1 aromatic carbocycles. The molecule has 0 unspecified atom stereocenters. The van der Waals surface area contributed by atoms with E-state index in [1.807, 2.05) is 4.90 Å². The number of piperazine rings is 2. The van der Waals surface area contributed by atoms with Crippen LogP contribution < -0.4 is 5.32 Å². The van der Waals surface area contributed by atoms with E-state index < -0.39 is 21.4 Å². The highest BCUT2D eigenvalue weighted by Gasteiger charge is 2.39. The highest BCUT2D eigenvalue weighted by molar-refractivity contribution is 7.89. The van der Waals surface area contributed by atoms with Crippen molar-refractivity contribution in [1.82, 2.24) is 19.4 Å². The fraction of sp³-hybridized carbons (Fsp3) is 0.556. The van der Waals surface area contributed by atoms with E-state index >= 15 is 0 Å². The molecule has 2 heterocycles. The molecule has 2 aliphatic heterocycles. The summed E-state index contributed by atoms with van der Waals surface area (Å²) in [5.41, 5.74) is -0.774.